The number of benzene rings is 1. The third-order valence-electron chi connectivity index (χ3n) is 19.3. The number of fused-ring (bicyclic) bond motifs is 1. The van der Waals surface area contributed by atoms with Crippen LogP contribution in [0, 0.1) is 11.8 Å². The van der Waals surface area contributed by atoms with E-state index in [2.05, 4.69) is 99.2 Å². The number of aromatic nitrogens is 5. The van der Waals surface area contributed by atoms with Gasteiger partial charge in [-0.05, 0) is 68.9 Å². The number of H-pyrrole nitrogens is 3. The number of aromatic amines is 3. The molecule has 0 bridgehead atoms. The zero-order valence-electron chi connectivity index (χ0n) is 66.5. The zero-order valence-corrected chi connectivity index (χ0v) is 66.5. The second-order valence-electron chi connectivity index (χ2n) is 29.1. The average molecular weight is 1660 g/mol. The molecule has 1 saturated carbocycles. The highest BCUT2D eigenvalue weighted by Crippen LogP contribution is 2.28. The quantitative estimate of drug-likeness (QED) is 0.0111. The van der Waals surface area contributed by atoms with Crippen molar-refractivity contribution in [3.63, 3.8) is 0 Å². The van der Waals surface area contributed by atoms with Crippen LogP contribution in [0.15, 0.2) is 60.7 Å². The second-order valence-corrected chi connectivity index (χ2v) is 29.1. The van der Waals surface area contributed by atoms with Gasteiger partial charge in [0.2, 0.25) is 76.8 Å². The van der Waals surface area contributed by atoms with Gasteiger partial charge in [0.05, 0.1) is 38.6 Å². The van der Waals surface area contributed by atoms with Gasteiger partial charge in [0.15, 0.2) is 6.61 Å². The second kappa shape index (κ2) is 51.5. The number of carboxylic acids is 1. The maximum atomic E-state index is 14.5. The molecule has 118 heavy (non-hydrogen) atoms. The number of amides is 14. The summed E-state index contributed by atoms with van der Waals surface area (Å²) in [6.07, 6.45) is 5.16. The number of imidazole rings is 2. The molecule has 0 radical (unpaired) electrons. The maximum Gasteiger partial charge on any atom is 0.321 e. The molecule has 43 heteroatoms. The van der Waals surface area contributed by atoms with Crippen LogP contribution in [0.1, 0.15) is 147 Å². The van der Waals surface area contributed by atoms with Gasteiger partial charge in [-0.25, -0.2) is 9.97 Å². The fourth-order valence-corrected chi connectivity index (χ4v) is 12.6. The number of nitrogens with one attached hydrogen (secondary N) is 16. The first kappa shape index (κ1) is 97.0. The average Bonchev–Trinajstić information content (AvgIpc) is 1.72. The fraction of sp³-hybridized carbons (Fsp3) is 0.600. The minimum Gasteiger partial charge on any atom is -0.480 e. The van der Waals surface area contributed by atoms with Crippen molar-refractivity contribution in [3.05, 3.63) is 72.5 Å². The van der Waals surface area contributed by atoms with Crippen LogP contribution in [-0.4, -0.2) is 275 Å². The molecule has 1 fully saturated rings. The molecule has 0 aliphatic heterocycles. The van der Waals surface area contributed by atoms with Crippen LogP contribution >= 0.6 is 0 Å². The van der Waals surface area contributed by atoms with Crippen molar-refractivity contribution < 1.29 is 107 Å². The van der Waals surface area contributed by atoms with E-state index in [-0.39, 0.29) is 83.3 Å². The van der Waals surface area contributed by atoms with E-state index in [0.717, 1.165) is 38.5 Å². The topological polar surface area (TPSA) is 681 Å². The number of unbranched alkanes of at least 4 members (excludes halogenated alkanes) is 2. The standard InChI is InChI=1S/C75H115N21O22/c1-5-6-17-49(67(77)108)93-72(113)52(27-43-14-8-7-9-15-43)94-73(114)54(29-45-32-78-39-86-45)92-62(104)36-85-74(115)64(41(2)3)96-68(109)42(4)89-71(112)53(28-44-31-83-48-18-11-10-16-47(44)48)95-70(111)51(20-21-58(76)100)90-60(102)23-25-81-59(101)22-26-82-69(110)50(91-61(103)35-84-55(75(116)117)30-46-33-79-40-87-46)19-12-13-24-80-63(105)38-118-88-34-56(98)65(106)66(107)57(99)37-97/h10-11,16,18,31-34,39-43,49-57,64-66,83-84,97-99,106-107H,5-9,12-15,17,19-30,35-38H2,1-4H3,(H2,76,100)(H2,77,108)(H,78,86)(H,79,87)(H,80,105)(H,81,101)(H,82,110)(H,85,115)(H,89,112)(H,90,102)(H,91,103)(H,92,104)(H,93,113)(H,94,114)(H,95,111)(H,96,109)(H,116,117)/b88-34+/t42-,49?,50-,51-,52?,53-,54-,55-,56-,57+,64-,65+,66+/m0/s1. The molecule has 3 heterocycles. The van der Waals surface area contributed by atoms with Crippen LogP contribution in [0.3, 0.4) is 0 Å². The van der Waals surface area contributed by atoms with Crippen LogP contribution in [0.4, 0.5) is 0 Å². The van der Waals surface area contributed by atoms with Gasteiger partial charge in [0, 0.05) is 99.0 Å². The Balaban J connectivity index is 1.17. The van der Waals surface area contributed by atoms with Crippen LogP contribution in [0.2, 0.25) is 0 Å². The predicted molar refractivity (Wildman–Crippen MR) is 421 cm³/mol. The van der Waals surface area contributed by atoms with Crippen LogP contribution < -0.4 is 80.6 Å². The summed E-state index contributed by atoms with van der Waals surface area (Å²) in [6.45, 7) is 3.04. The number of nitrogens with zero attached hydrogens (tertiary/aromatic N) is 3. The number of carboxylic acid groups (broad SMARTS) is 1. The number of aliphatic hydroxyl groups is 5. The number of rotatable bonds is 56. The first-order valence-corrected chi connectivity index (χ1v) is 39.3. The molecule has 0 saturated heterocycles. The summed E-state index contributed by atoms with van der Waals surface area (Å²) in [5, 5.41) is 95.5. The smallest absolute Gasteiger partial charge is 0.321 e. The lowest BCUT2D eigenvalue weighted by molar-refractivity contribution is -0.140. The maximum absolute atomic E-state index is 14.5. The highest BCUT2D eigenvalue weighted by Gasteiger charge is 2.36. The fourth-order valence-electron chi connectivity index (χ4n) is 12.6. The lowest BCUT2D eigenvalue weighted by Gasteiger charge is -2.29. The van der Waals surface area contributed by atoms with Gasteiger partial charge >= 0.3 is 5.97 Å². The minimum atomic E-state index is -1.96. The molecule has 1 aromatic carbocycles. The Morgan fingerprint density at radius 2 is 1.14 bits per heavy atom. The highest BCUT2D eigenvalue weighted by molar-refractivity contribution is 5.98. The first-order chi connectivity index (χ1) is 56.3. The molecule has 13 atom stereocenters. The van der Waals surface area contributed by atoms with E-state index >= 15 is 0 Å². The number of carbonyl (C=O) groups excluding carboxylic acids is 14. The lowest BCUT2D eigenvalue weighted by atomic mass is 9.84. The summed E-state index contributed by atoms with van der Waals surface area (Å²) in [7, 11) is 0. The summed E-state index contributed by atoms with van der Waals surface area (Å²) in [5.41, 5.74) is 13.2. The van der Waals surface area contributed by atoms with Crippen molar-refractivity contribution in [2.45, 2.75) is 228 Å². The Kier molecular flexibility index (Phi) is 42.4. The third-order valence-corrected chi connectivity index (χ3v) is 19.3. The van der Waals surface area contributed by atoms with Gasteiger partial charge in [-0.2, -0.15) is 0 Å². The molecule has 43 nitrogen and oxygen atoms in total. The summed E-state index contributed by atoms with van der Waals surface area (Å²) in [5.74, 6) is -12.8. The molecule has 14 amide bonds. The largest absolute Gasteiger partial charge is 0.480 e. The number of aliphatic carboxylic acids is 1. The van der Waals surface area contributed by atoms with E-state index in [4.69, 9.17) is 21.4 Å². The Bertz CT molecular complexity index is 3950. The molecule has 5 rings (SSSR count). The number of para-hydroxylation sites is 1. The lowest BCUT2D eigenvalue weighted by Crippen LogP contribution is -2.59. The van der Waals surface area contributed by atoms with Crippen molar-refractivity contribution in [1.29, 1.82) is 0 Å². The van der Waals surface area contributed by atoms with Gasteiger partial charge in [-0.3, -0.25) is 77.2 Å². The molecule has 1 aliphatic rings. The van der Waals surface area contributed by atoms with Crippen molar-refractivity contribution >= 4 is 106 Å². The Morgan fingerprint density at radius 3 is 1.78 bits per heavy atom. The number of carbonyl (C=O) groups is 15. The molecular formula is C75H115N21O22. The zero-order chi connectivity index (χ0) is 86.8. The van der Waals surface area contributed by atoms with Crippen LogP contribution in [0.5, 0.6) is 0 Å². The number of oxime groups is 1. The molecule has 26 N–H and O–H groups in total. The first-order valence-electron chi connectivity index (χ1n) is 39.3. The van der Waals surface area contributed by atoms with E-state index < -0.39 is 213 Å². The van der Waals surface area contributed by atoms with E-state index in [1.165, 1.54) is 32.0 Å². The van der Waals surface area contributed by atoms with Gasteiger partial charge in [0.1, 0.15) is 78.8 Å². The summed E-state index contributed by atoms with van der Waals surface area (Å²) >= 11 is 0. The number of nitrogens with two attached hydrogens (primary N) is 2. The van der Waals surface area contributed by atoms with Crippen molar-refractivity contribution in [3.8, 4) is 0 Å². The van der Waals surface area contributed by atoms with Crippen LogP contribution in [0.25, 0.3) is 10.9 Å². The van der Waals surface area contributed by atoms with Crippen LogP contribution in [-0.2, 0) is 96.0 Å². The van der Waals surface area contributed by atoms with Gasteiger partial charge in [-0.15, -0.1) is 0 Å². The Hall–Kier alpha value is -11.5. The minimum absolute atomic E-state index is 0.0216. The third kappa shape index (κ3) is 35.1. The van der Waals surface area contributed by atoms with E-state index in [1.807, 2.05) is 6.92 Å². The van der Waals surface area contributed by atoms with Gasteiger partial charge < -0.3 is 126 Å². The monoisotopic (exact) mass is 1660 g/mol. The Labute approximate surface area is 680 Å². The van der Waals surface area contributed by atoms with Crippen molar-refractivity contribution in [2.75, 3.05) is 45.9 Å². The van der Waals surface area contributed by atoms with Gasteiger partial charge in [-0.1, -0.05) is 89.1 Å². The Morgan fingerprint density at radius 1 is 0.559 bits per heavy atom. The van der Waals surface area contributed by atoms with Crippen molar-refractivity contribution in [1.82, 2.24) is 94.0 Å². The number of primary amides is 2. The molecule has 0 spiro atoms. The molecule has 3 aromatic heterocycles. The SMILES string of the molecule is CCCCC(NC(=O)C(CC1CCCCC1)NC(=O)[C@H](Cc1cnc[nH]1)NC(=O)CNC(=O)[C@@H](NC(=O)[C@H](C)NC(=O)[C@H](Cc1c[nH]c2ccccc12)NC(=O)[C@H](CCC(N)=O)NC(=O)CCNC(=O)CCNC(=O)[C@H](CCCCNC(=O)CO/N=C/[C@H](O)[C@@H](O)[C@H](O)[C@H](O)CO)NC(=O)CN[C@@H](Cc1cnc[nH]1)C(=O)O)C(C)C)C(N)=O. The molecular weight excluding hydrogens is 1550 g/mol. The van der Waals surface area contributed by atoms with Crippen molar-refractivity contribution in [2.24, 2.45) is 28.5 Å². The predicted octanol–water partition coefficient (Wildman–Crippen LogP) is -6.00. The van der Waals surface area contributed by atoms with E-state index in [0.29, 0.717) is 46.9 Å². The number of aliphatic hydroxyl groups excluding tert-OH is 5. The number of hydrogen-bond acceptors (Lipinski definition) is 25. The molecule has 2 unspecified atom stereocenters. The molecule has 4 aromatic rings. The summed E-state index contributed by atoms with van der Waals surface area (Å²) in [6, 6.07) is -4.60. The van der Waals surface area contributed by atoms with E-state index in [9.17, 15) is 97.5 Å². The van der Waals surface area contributed by atoms with E-state index in [1.54, 1.807) is 44.3 Å². The molecule has 1 aliphatic carbocycles. The highest BCUT2D eigenvalue weighted by atomic mass is 16.6. The summed E-state index contributed by atoms with van der Waals surface area (Å²) in [4.78, 5) is 222. The number of hydrogen-bond donors (Lipinski definition) is 24. The molecule has 652 valence electrons. The normalized spacial score (nSPS) is 15.6. The van der Waals surface area contributed by atoms with Gasteiger partial charge in [0.25, 0.3) is 5.91 Å². The summed E-state index contributed by atoms with van der Waals surface area (Å²) < 4.78 is 0.